The molecule has 0 aliphatic carbocycles. The number of nitrogens with one attached hydrogen (secondary N) is 2. The van der Waals surface area contributed by atoms with Crippen molar-refractivity contribution in [2.75, 3.05) is 32.7 Å². The number of amides is 1. The first-order chi connectivity index (χ1) is 13.3. The van der Waals surface area contributed by atoms with Crippen molar-refractivity contribution in [3.8, 4) is 0 Å². The Morgan fingerprint density at radius 2 is 1.74 bits per heavy atom. The van der Waals surface area contributed by atoms with Crippen LogP contribution in [0.2, 0.25) is 0 Å². The fraction of sp³-hybridized carbons (Fsp3) is 0.429. The molecule has 0 radical (unpaired) electrons. The largest absolute Gasteiger partial charge is 0.339 e. The van der Waals surface area contributed by atoms with Crippen molar-refractivity contribution in [2.45, 2.75) is 24.9 Å². The number of carbonyl (C=O) groups excluding carboxylic acids is 1. The van der Waals surface area contributed by atoms with Crippen LogP contribution in [0.3, 0.4) is 0 Å². The minimum atomic E-state index is -0.140. The molecular formula is C21H27N5O. The van der Waals surface area contributed by atoms with Crippen molar-refractivity contribution in [3.05, 3.63) is 66.0 Å². The van der Waals surface area contributed by atoms with Gasteiger partial charge < -0.3 is 4.90 Å². The predicted octanol–water partition coefficient (Wildman–Crippen LogP) is 1.38. The van der Waals surface area contributed by atoms with Crippen molar-refractivity contribution in [1.29, 1.82) is 0 Å². The summed E-state index contributed by atoms with van der Waals surface area (Å²) in [6, 6.07) is 14.5. The molecule has 0 saturated carbocycles. The molecule has 2 aliphatic heterocycles. The molecule has 6 nitrogen and oxygen atoms in total. The normalized spacial score (nSPS) is 23.5. The van der Waals surface area contributed by atoms with Crippen LogP contribution in [-0.4, -0.2) is 59.5 Å². The molecule has 1 aromatic carbocycles. The summed E-state index contributed by atoms with van der Waals surface area (Å²) in [7, 11) is 0. The van der Waals surface area contributed by atoms with Crippen molar-refractivity contribution in [1.82, 2.24) is 25.6 Å². The fourth-order valence-corrected chi connectivity index (χ4v) is 3.87. The summed E-state index contributed by atoms with van der Waals surface area (Å²) in [5.74, 6) is 0.217. The molecule has 2 aliphatic rings. The molecule has 142 valence electrons. The summed E-state index contributed by atoms with van der Waals surface area (Å²) in [5.41, 5.74) is 9.02. The number of hydrazine groups is 1. The smallest absolute Gasteiger partial charge is 0.241 e. The van der Waals surface area contributed by atoms with E-state index in [1.165, 1.54) is 11.1 Å². The number of rotatable bonds is 5. The highest BCUT2D eigenvalue weighted by atomic mass is 16.2. The molecule has 2 aromatic rings. The van der Waals surface area contributed by atoms with Crippen LogP contribution in [0.15, 0.2) is 54.9 Å². The third kappa shape index (κ3) is 4.53. The number of pyridine rings is 1. The van der Waals surface area contributed by atoms with E-state index in [4.69, 9.17) is 0 Å². The van der Waals surface area contributed by atoms with Crippen LogP contribution in [0, 0.1) is 0 Å². The second-order valence-corrected chi connectivity index (χ2v) is 7.31. The maximum Gasteiger partial charge on any atom is 0.241 e. The molecule has 27 heavy (non-hydrogen) atoms. The molecule has 2 fully saturated rings. The number of hydrogen-bond donors (Lipinski definition) is 2. The number of benzene rings is 1. The Balaban J connectivity index is 1.23. The van der Waals surface area contributed by atoms with Crippen LogP contribution < -0.4 is 10.9 Å². The third-order valence-corrected chi connectivity index (χ3v) is 5.55. The van der Waals surface area contributed by atoms with Crippen molar-refractivity contribution < 1.29 is 4.79 Å². The van der Waals surface area contributed by atoms with E-state index in [9.17, 15) is 4.79 Å². The molecule has 4 rings (SSSR count). The molecule has 2 unspecified atom stereocenters. The van der Waals surface area contributed by atoms with Gasteiger partial charge in [0.2, 0.25) is 5.91 Å². The van der Waals surface area contributed by atoms with Gasteiger partial charge in [-0.05, 0) is 36.1 Å². The van der Waals surface area contributed by atoms with Crippen LogP contribution in [0.4, 0.5) is 0 Å². The van der Waals surface area contributed by atoms with Crippen molar-refractivity contribution in [2.24, 2.45) is 0 Å². The molecule has 2 saturated heterocycles. The quantitative estimate of drug-likeness (QED) is 0.838. The van der Waals surface area contributed by atoms with E-state index in [1.807, 2.05) is 35.5 Å². The highest BCUT2D eigenvalue weighted by Gasteiger charge is 2.33. The molecule has 2 atom stereocenters. The van der Waals surface area contributed by atoms with E-state index in [2.05, 4.69) is 45.0 Å². The van der Waals surface area contributed by atoms with Gasteiger partial charge in [-0.25, -0.2) is 10.9 Å². The molecule has 0 bridgehead atoms. The summed E-state index contributed by atoms with van der Waals surface area (Å²) < 4.78 is 0. The molecule has 0 spiro atoms. The fourth-order valence-electron chi connectivity index (χ4n) is 3.87. The van der Waals surface area contributed by atoms with Gasteiger partial charge in [0.25, 0.3) is 0 Å². The number of aromatic nitrogens is 1. The lowest BCUT2D eigenvalue weighted by atomic mass is 10.0. The Morgan fingerprint density at radius 1 is 1.00 bits per heavy atom. The summed E-state index contributed by atoms with van der Waals surface area (Å²) in [4.78, 5) is 21.4. The lowest BCUT2D eigenvalue weighted by molar-refractivity contribution is -0.134. The van der Waals surface area contributed by atoms with Gasteiger partial charge in [0, 0.05) is 51.2 Å². The minimum absolute atomic E-state index is 0.140. The van der Waals surface area contributed by atoms with E-state index in [0.717, 1.165) is 45.6 Å². The lowest BCUT2D eigenvalue weighted by Gasteiger charge is -2.35. The van der Waals surface area contributed by atoms with Gasteiger partial charge in [0.15, 0.2) is 0 Å². The number of nitrogens with zero attached hydrogens (tertiary/aromatic N) is 3. The highest BCUT2D eigenvalue weighted by molar-refractivity contribution is 5.82. The predicted molar refractivity (Wildman–Crippen MR) is 105 cm³/mol. The average Bonchev–Trinajstić information content (AvgIpc) is 3.24. The van der Waals surface area contributed by atoms with E-state index >= 15 is 0 Å². The second kappa shape index (κ2) is 8.61. The Kier molecular flexibility index (Phi) is 5.77. The van der Waals surface area contributed by atoms with E-state index in [0.29, 0.717) is 0 Å². The highest BCUT2D eigenvalue weighted by Crippen LogP contribution is 2.23. The van der Waals surface area contributed by atoms with E-state index < -0.39 is 0 Å². The first-order valence-corrected chi connectivity index (χ1v) is 9.75. The number of hydrogen-bond acceptors (Lipinski definition) is 5. The Hall–Kier alpha value is -2.28. The first kappa shape index (κ1) is 18.1. The SMILES string of the molecule is O=C(C1CC(c2ccccc2)NN1)N1CCN(CCc2ccncc2)CC1. The summed E-state index contributed by atoms with van der Waals surface area (Å²) in [6.45, 7) is 4.54. The molecular weight excluding hydrogens is 338 g/mol. The Morgan fingerprint density at radius 3 is 2.48 bits per heavy atom. The molecule has 1 amide bonds. The zero-order valence-electron chi connectivity index (χ0n) is 15.6. The van der Waals surface area contributed by atoms with Gasteiger partial charge in [-0.3, -0.25) is 14.7 Å². The summed E-state index contributed by atoms with van der Waals surface area (Å²) in [6.07, 6.45) is 5.52. The maximum absolute atomic E-state index is 12.9. The van der Waals surface area contributed by atoms with Gasteiger partial charge in [0.05, 0.1) is 0 Å². The second-order valence-electron chi connectivity index (χ2n) is 7.31. The van der Waals surface area contributed by atoms with E-state index in [1.54, 1.807) is 0 Å². The Bertz CT molecular complexity index is 731. The summed E-state index contributed by atoms with van der Waals surface area (Å²) >= 11 is 0. The van der Waals surface area contributed by atoms with Gasteiger partial charge >= 0.3 is 0 Å². The van der Waals surface area contributed by atoms with Gasteiger partial charge in [0.1, 0.15) is 6.04 Å². The Labute approximate surface area is 160 Å². The molecule has 1 aromatic heterocycles. The maximum atomic E-state index is 12.9. The zero-order valence-corrected chi connectivity index (χ0v) is 15.6. The van der Waals surface area contributed by atoms with Gasteiger partial charge in [-0.15, -0.1) is 0 Å². The van der Waals surface area contributed by atoms with Crippen LogP contribution in [0.1, 0.15) is 23.6 Å². The van der Waals surface area contributed by atoms with Gasteiger partial charge in [-0.2, -0.15) is 0 Å². The molecule has 3 heterocycles. The molecule has 6 heteroatoms. The van der Waals surface area contributed by atoms with Gasteiger partial charge in [-0.1, -0.05) is 30.3 Å². The standard InChI is InChI=1S/C21H27N5O/c27-21(20-16-19(23-24-20)18-4-2-1-3-5-18)26-14-12-25(13-15-26)11-8-17-6-9-22-10-7-17/h1-7,9-10,19-20,23-24H,8,11-16H2. The third-order valence-electron chi connectivity index (χ3n) is 5.55. The van der Waals surface area contributed by atoms with Crippen LogP contribution in [0.5, 0.6) is 0 Å². The average molecular weight is 365 g/mol. The topological polar surface area (TPSA) is 60.5 Å². The van der Waals surface area contributed by atoms with Crippen molar-refractivity contribution >= 4 is 5.91 Å². The lowest BCUT2D eigenvalue weighted by Crippen LogP contribution is -2.53. The van der Waals surface area contributed by atoms with Crippen LogP contribution in [-0.2, 0) is 11.2 Å². The van der Waals surface area contributed by atoms with Crippen LogP contribution in [0.25, 0.3) is 0 Å². The first-order valence-electron chi connectivity index (χ1n) is 9.75. The summed E-state index contributed by atoms with van der Waals surface area (Å²) in [5, 5.41) is 0. The zero-order chi connectivity index (χ0) is 18.5. The molecule has 2 N–H and O–H groups in total. The van der Waals surface area contributed by atoms with E-state index in [-0.39, 0.29) is 18.0 Å². The van der Waals surface area contributed by atoms with Crippen LogP contribution >= 0.6 is 0 Å². The van der Waals surface area contributed by atoms with Crippen molar-refractivity contribution in [3.63, 3.8) is 0 Å². The monoisotopic (exact) mass is 365 g/mol. The number of carbonyl (C=O) groups is 1. The minimum Gasteiger partial charge on any atom is -0.339 e. The number of piperazine rings is 1.